The van der Waals surface area contributed by atoms with E-state index in [0.29, 0.717) is 21.9 Å². The second kappa shape index (κ2) is 7.47. The van der Waals surface area contributed by atoms with Gasteiger partial charge in [0.15, 0.2) is 4.80 Å². The summed E-state index contributed by atoms with van der Waals surface area (Å²) in [6.07, 6.45) is 1.76. The first-order valence-corrected chi connectivity index (χ1v) is 9.77. The molecule has 1 aromatic carbocycles. The number of thiophene rings is 1. The maximum absolute atomic E-state index is 12.4. The minimum absolute atomic E-state index is 0.127. The van der Waals surface area contributed by atoms with Crippen LogP contribution < -0.4 is 10.1 Å². The topological polar surface area (TPSA) is 63.5 Å². The van der Waals surface area contributed by atoms with Gasteiger partial charge in [-0.1, -0.05) is 17.4 Å². The van der Waals surface area contributed by atoms with Crippen molar-refractivity contribution in [2.45, 2.75) is 13.5 Å². The fourth-order valence-corrected chi connectivity index (χ4v) is 4.66. The Bertz CT molecular complexity index is 1050. The van der Waals surface area contributed by atoms with Gasteiger partial charge in [0.25, 0.3) is 5.91 Å². The number of amides is 2. The van der Waals surface area contributed by atoms with Crippen molar-refractivity contribution >= 4 is 66.3 Å². The number of hydrogen-bond acceptors (Lipinski definition) is 4. The molecule has 5 nitrogen and oxygen atoms in total. The Morgan fingerprint density at radius 1 is 1.32 bits per heavy atom. The van der Waals surface area contributed by atoms with Crippen LogP contribution in [0.3, 0.4) is 0 Å². The minimum atomic E-state index is -0.276. The molecule has 128 valence electrons. The van der Waals surface area contributed by atoms with Crippen LogP contribution >= 0.6 is 38.6 Å². The van der Waals surface area contributed by atoms with Crippen molar-refractivity contribution < 1.29 is 9.59 Å². The molecule has 1 N–H and O–H groups in total. The summed E-state index contributed by atoms with van der Waals surface area (Å²) in [7, 11) is 0. The van der Waals surface area contributed by atoms with E-state index in [1.54, 1.807) is 12.1 Å². The number of nitrogens with one attached hydrogen (secondary N) is 1. The molecule has 0 spiro atoms. The Balaban J connectivity index is 2.10. The van der Waals surface area contributed by atoms with Crippen LogP contribution in [-0.4, -0.2) is 16.4 Å². The second-order valence-corrected chi connectivity index (χ2v) is 8.64. The zero-order valence-corrected chi connectivity index (χ0v) is 16.5. The van der Waals surface area contributed by atoms with Crippen LogP contribution in [0.2, 0.25) is 0 Å². The molecule has 0 saturated heterocycles. The summed E-state index contributed by atoms with van der Waals surface area (Å²) in [5.41, 5.74) is 1.66. The van der Waals surface area contributed by atoms with Crippen molar-refractivity contribution in [3.8, 4) is 0 Å². The third-order valence-electron chi connectivity index (χ3n) is 3.30. The number of carbonyl (C=O) groups is 2. The van der Waals surface area contributed by atoms with E-state index in [9.17, 15) is 9.59 Å². The Hall–Kier alpha value is -2.03. The lowest BCUT2D eigenvalue weighted by molar-refractivity contribution is -0.114. The van der Waals surface area contributed by atoms with Gasteiger partial charge in [-0.05, 0) is 46.3 Å². The SMILES string of the molecule is C=CCn1c(=NC(=O)c2ccc(Br)s2)sc2cc(NC(C)=O)ccc21. The number of halogens is 1. The number of anilines is 1. The molecule has 8 heteroatoms. The Morgan fingerprint density at radius 2 is 2.12 bits per heavy atom. The monoisotopic (exact) mass is 435 g/mol. The number of carbonyl (C=O) groups excluding carboxylic acids is 2. The van der Waals surface area contributed by atoms with Crippen molar-refractivity contribution in [2.24, 2.45) is 4.99 Å². The number of nitrogens with zero attached hydrogens (tertiary/aromatic N) is 2. The number of aromatic nitrogens is 1. The van der Waals surface area contributed by atoms with Gasteiger partial charge in [-0.15, -0.1) is 17.9 Å². The molecule has 0 atom stereocenters. The van der Waals surface area contributed by atoms with Gasteiger partial charge in [0.1, 0.15) is 0 Å². The molecule has 2 aromatic heterocycles. The van der Waals surface area contributed by atoms with Gasteiger partial charge in [-0.3, -0.25) is 9.59 Å². The molecule has 0 fully saturated rings. The van der Waals surface area contributed by atoms with Gasteiger partial charge in [0.05, 0.1) is 18.9 Å². The summed E-state index contributed by atoms with van der Waals surface area (Å²) in [6, 6.07) is 9.20. The summed E-state index contributed by atoms with van der Waals surface area (Å²) < 4.78 is 3.76. The third kappa shape index (κ3) is 3.97. The predicted octanol–water partition coefficient (Wildman–Crippen LogP) is 4.41. The molecule has 2 heterocycles. The van der Waals surface area contributed by atoms with Gasteiger partial charge in [-0.25, -0.2) is 0 Å². The third-order valence-corrected chi connectivity index (χ3v) is 5.95. The first kappa shape index (κ1) is 17.8. The summed E-state index contributed by atoms with van der Waals surface area (Å²) >= 11 is 6.11. The van der Waals surface area contributed by atoms with Gasteiger partial charge in [0.2, 0.25) is 5.91 Å². The molecular weight excluding hydrogens is 422 g/mol. The molecule has 0 aliphatic carbocycles. The molecule has 0 radical (unpaired) electrons. The van der Waals surface area contributed by atoms with Crippen molar-refractivity contribution in [3.05, 3.63) is 56.5 Å². The molecule has 3 aromatic rings. The number of thiazole rings is 1. The van der Waals surface area contributed by atoms with Crippen LogP contribution in [0.4, 0.5) is 5.69 Å². The van der Waals surface area contributed by atoms with Crippen LogP contribution in [0.1, 0.15) is 16.6 Å². The smallest absolute Gasteiger partial charge is 0.289 e. The van der Waals surface area contributed by atoms with Crippen molar-refractivity contribution in [1.82, 2.24) is 4.57 Å². The van der Waals surface area contributed by atoms with E-state index < -0.39 is 0 Å². The molecule has 3 rings (SSSR count). The van der Waals surface area contributed by atoms with E-state index >= 15 is 0 Å². The van der Waals surface area contributed by atoms with E-state index in [2.05, 4.69) is 32.8 Å². The van der Waals surface area contributed by atoms with Gasteiger partial charge in [0, 0.05) is 19.2 Å². The first-order chi connectivity index (χ1) is 12.0. The lowest BCUT2D eigenvalue weighted by Gasteiger charge is -2.03. The summed E-state index contributed by atoms with van der Waals surface area (Å²) in [5.74, 6) is -0.402. The van der Waals surface area contributed by atoms with E-state index in [-0.39, 0.29) is 11.8 Å². The van der Waals surface area contributed by atoms with E-state index in [4.69, 9.17) is 0 Å². The highest BCUT2D eigenvalue weighted by molar-refractivity contribution is 9.11. The second-order valence-electron chi connectivity index (χ2n) is 5.17. The van der Waals surface area contributed by atoms with E-state index in [0.717, 1.165) is 14.0 Å². The fraction of sp³-hybridized carbons (Fsp3) is 0.118. The molecule has 0 bridgehead atoms. The fourth-order valence-electron chi connectivity index (χ4n) is 2.32. The molecule has 0 unspecified atom stereocenters. The normalized spacial score (nSPS) is 11.7. The zero-order valence-electron chi connectivity index (χ0n) is 13.3. The average Bonchev–Trinajstić information content (AvgIpc) is 3.11. The highest BCUT2D eigenvalue weighted by atomic mass is 79.9. The van der Waals surface area contributed by atoms with Crippen molar-refractivity contribution in [3.63, 3.8) is 0 Å². The van der Waals surface area contributed by atoms with Crippen molar-refractivity contribution in [2.75, 3.05) is 5.32 Å². The lowest BCUT2D eigenvalue weighted by atomic mass is 10.3. The number of hydrogen-bond donors (Lipinski definition) is 1. The number of fused-ring (bicyclic) bond motifs is 1. The quantitative estimate of drug-likeness (QED) is 0.616. The molecule has 0 saturated carbocycles. The molecule has 0 aliphatic rings. The Labute approximate surface area is 160 Å². The largest absolute Gasteiger partial charge is 0.326 e. The number of rotatable bonds is 4. The van der Waals surface area contributed by atoms with Gasteiger partial charge in [-0.2, -0.15) is 4.99 Å². The summed E-state index contributed by atoms with van der Waals surface area (Å²) in [4.78, 5) is 29.1. The summed E-state index contributed by atoms with van der Waals surface area (Å²) in [5, 5.41) is 2.76. The molecule has 2 amide bonds. The van der Waals surface area contributed by atoms with Gasteiger partial charge >= 0.3 is 0 Å². The standard InChI is InChI=1S/C17H14BrN3O2S2/c1-3-8-21-12-5-4-11(19-10(2)22)9-14(12)25-17(21)20-16(23)13-6-7-15(18)24-13/h3-7,9H,1,8H2,2H3,(H,19,22). The lowest BCUT2D eigenvalue weighted by Crippen LogP contribution is -2.16. The van der Waals surface area contributed by atoms with E-state index in [1.165, 1.54) is 29.6 Å². The Morgan fingerprint density at radius 3 is 2.76 bits per heavy atom. The van der Waals surface area contributed by atoms with E-state index in [1.807, 2.05) is 28.8 Å². The van der Waals surface area contributed by atoms with Crippen LogP contribution in [0.5, 0.6) is 0 Å². The van der Waals surface area contributed by atoms with Crippen LogP contribution in [0, 0.1) is 0 Å². The van der Waals surface area contributed by atoms with Crippen LogP contribution in [-0.2, 0) is 11.3 Å². The zero-order chi connectivity index (χ0) is 18.0. The number of allylic oxidation sites excluding steroid dienone is 1. The maximum Gasteiger partial charge on any atom is 0.289 e. The minimum Gasteiger partial charge on any atom is -0.326 e. The molecule has 25 heavy (non-hydrogen) atoms. The molecular formula is C17H14BrN3O2S2. The summed E-state index contributed by atoms with van der Waals surface area (Å²) in [6.45, 7) is 5.79. The van der Waals surface area contributed by atoms with Crippen molar-refractivity contribution in [1.29, 1.82) is 0 Å². The predicted molar refractivity (Wildman–Crippen MR) is 106 cm³/mol. The number of benzene rings is 1. The first-order valence-electron chi connectivity index (χ1n) is 7.34. The Kier molecular flexibility index (Phi) is 5.31. The van der Waals surface area contributed by atoms with Crippen LogP contribution in [0.25, 0.3) is 10.2 Å². The highest BCUT2D eigenvalue weighted by Gasteiger charge is 2.11. The van der Waals surface area contributed by atoms with Crippen LogP contribution in [0.15, 0.2) is 51.8 Å². The van der Waals surface area contributed by atoms with Gasteiger partial charge < -0.3 is 9.88 Å². The molecule has 0 aliphatic heterocycles. The highest BCUT2D eigenvalue weighted by Crippen LogP contribution is 2.24. The maximum atomic E-state index is 12.4. The average molecular weight is 436 g/mol.